The minimum absolute atomic E-state index is 0.0582. The highest BCUT2D eigenvalue weighted by Gasteiger charge is 2.30. The number of nitrogens with zero attached hydrogens (tertiary/aromatic N) is 3. The molecule has 0 unspecified atom stereocenters. The Morgan fingerprint density at radius 2 is 1.49 bits per heavy atom. The Kier molecular flexibility index (Phi) is 8.45. The molecule has 1 amide bonds. The largest absolute Gasteiger partial charge is 0.497 e. The van der Waals surface area contributed by atoms with E-state index in [9.17, 15) is 13.2 Å². The maximum absolute atomic E-state index is 13.6. The summed E-state index contributed by atoms with van der Waals surface area (Å²) in [6.07, 6.45) is 0. The van der Waals surface area contributed by atoms with Crippen molar-refractivity contribution in [3.8, 4) is 11.5 Å². The van der Waals surface area contributed by atoms with Crippen LogP contribution in [0.2, 0.25) is 5.02 Å². The fraction of sp³-hybridized carbons (Fsp3) is 0.296. The van der Waals surface area contributed by atoms with Gasteiger partial charge in [-0.15, -0.1) is 0 Å². The molecule has 0 aliphatic carbocycles. The first-order valence-corrected chi connectivity index (χ1v) is 13.8. The average Bonchev–Trinajstić information content (AvgIpc) is 2.92. The molecule has 0 spiro atoms. The van der Waals surface area contributed by atoms with Gasteiger partial charge in [0.1, 0.15) is 18.0 Å². The highest BCUT2D eigenvalue weighted by molar-refractivity contribution is 7.92. The Bertz CT molecular complexity index is 1290. The molecule has 1 heterocycles. The highest BCUT2D eigenvalue weighted by Crippen LogP contribution is 2.27. The minimum atomic E-state index is -4.03. The number of halogens is 1. The number of hydrogen-bond acceptors (Lipinski definition) is 6. The summed E-state index contributed by atoms with van der Waals surface area (Å²) in [5, 5.41) is 0.428. The van der Waals surface area contributed by atoms with E-state index >= 15 is 0 Å². The quantitative estimate of drug-likeness (QED) is 0.400. The molecule has 4 rings (SSSR count). The summed E-state index contributed by atoms with van der Waals surface area (Å²) in [5.74, 6) is 1.14. The van der Waals surface area contributed by atoms with E-state index in [1.165, 1.54) is 24.3 Å². The Labute approximate surface area is 223 Å². The maximum Gasteiger partial charge on any atom is 0.264 e. The standard InChI is InChI=1S/C27H30ClN3O5S/c1-3-36-25-12-8-23(9-13-25)31(37(33,34)26-14-4-21(28)5-15-26)20-27(32)30-18-16-29(17-19-30)22-6-10-24(35-2)11-7-22/h4-15H,3,16-20H2,1-2H3. The fourth-order valence-electron chi connectivity index (χ4n) is 4.15. The van der Waals surface area contributed by atoms with Crippen LogP contribution in [0.1, 0.15) is 6.92 Å². The van der Waals surface area contributed by atoms with Gasteiger partial charge in [0.25, 0.3) is 10.0 Å². The van der Waals surface area contributed by atoms with Crippen molar-refractivity contribution >= 4 is 38.9 Å². The number of piperazine rings is 1. The highest BCUT2D eigenvalue weighted by atomic mass is 35.5. The Balaban J connectivity index is 1.51. The van der Waals surface area contributed by atoms with Crippen molar-refractivity contribution in [2.45, 2.75) is 11.8 Å². The van der Waals surface area contributed by atoms with Gasteiger partial charge >= 0.3 is 0 Å². The predicted octanol–water partition coefficient (Wildman–Crippen LogP) is 4.29. The lowest BCUT2D eigenvalue weighted by Crippen LogP contribution is -2.52. The van der Waals surface area contributed by atoms with Crippen molar-refractivity contribution in [3.05, 3.63) is 77.8 Å². The average molecular weight is 544 g/mol. The van der Waals surface area contributed by atoms with Gasteiger partial charge in [-0.1, -0.05) is 11.6 Å². The summed E-state index contributed by atoms with van der Waals surface area (Å²) in [6, 6.07) is 20.4. The van der Waals surface area contributed by atoms with Crippen molar-refractivity contribution in [3.63, 3.8) is 0 Å². The van der Waals surface area contributed by atoms with Gasteiger partial charge in [-0.2, -0.15) is 0 Å². The molecule has 0 aromatic heterocycles. The van der Waals surface area contributed by atoms with Crippen LogP contribution in [0.25, 0.3) is 0 Å². The van der Waals surface area contributed by atoms with Gasteiger partial charge in [0, 0.05) is 36.9 Å². The van der Waals surface area contributed by atoms with Gasteiger partial charge in [-0.05, 0) is 79.7 Å². The molecule has 196 valence electrons. The van der Waals surface area contributed by atoms with Crippen LogP contribution in [0.5, 0.6) is 11.5 Å². The smallest absolute Gasteiger partial charge is 0.264 e. The number of benzene rings is 3. The number of carbonyl (C=O) groups is 1. The summed E-state index contributed by atoms with van der Waals surface area (Å²) in [4.78, 5) is 17.3. The van der Waals surface area contributed by atoms with Crippen LogP contribution in [0.3, 0.4) is 0 Å². The normalized spacial score (nSPS) is 13.8. The third-order valence-corrected chi connectivity index (χ3v) is 8.23. The van der Waals surface area contributed by atoms with E-state index in [4.69, 9.17) is 21.1 Å². The fourth-order valence-corrected chi connectivity index (χ4v) is 5.69. The van der Waals surface area contributed by atoms with E-state index in [2.05, 4.69) is 4.90 Å². The van der Waals surface area contributed by atoms with Crippen LogP contribution in [-0.2, 0) is 14.8 Å². The number of ether oxygens (including phenoxy) is 2. The van der Waals surface area contributed by atoms with Crippen LogP contribution >= 0.6 is 11.6 Å². The van der Waals surface area contributed by atoms with E-state index in [-0.39, 0.29) is 17.3 Å². The maximum atomic E-state index is 13.6. The first kappa shape index (κ1) is 26.6. The summed E-state index contributed by atoms with van der Waals surface area (Å²) in [6.45, 7) is 4.31. The predicted molar refractivity (Wildman–Crippen MR) is 145 cm³/mol. The summed E-state index contributed by atoms with van der Waals surface area (Å²) in [7, 11) is -2.40. The Hall–Kier alpha value is -3.43. The van der Waals surface area contributed by atoms with Crippen LogP contribution in [-0.4, -0.2) is 65.7 Å². The van der Waals surface area contributed by atoms with Gasteiger partial charge in [-0.3, -0.25) is 9.10 Å². The van der Waals surface area contributed by atoms with E-state index in [0.717, 1.165) is 15.7 Å². The molecule has 0 radical (unpaired) electrons. The number of anilines is 2. The number of sulfonamides is 1. The number of rotatable bonds is 9. The van der Waals surface area contributed by atoms with Crippen molar-refractivity contribution in [2.75, 3.05) is 55.6 Å². The van der Waals surface area contributed by atoms with E-state index < -0.39 is 10.0 Å². The van der Waals surface area contributed by atoms with E-state index in [1.54, 1.807) is 36.3 Å². The molecule has 0 bridgehead atoms. The molecular weight excluding hydrogens is 514 g/mol. The van der Waals surface area contributed by atoms with Crippen LogP contribution < -0.4 is 18.7 Å². The number of amides is 1. The molecule has 1 aliphatic heterocycles. The molecular formula is C27H30ClN3O5S. The topological polar surface area (TPSA) is 79.4 Å². The molecule has 1 fully saturated rings. The lowest BCUT2D eigenvalue weighted by Gasteiger charge is -2.37. The second-order valence-corrected chi connectivity index (χ2v) is 10.8. The third-order valence-electron chi connectivity index (χ3n) is 6.19. The molecule has 10 heteroatoms. The van der Waals surface area contributed by atoms with Crippen molar-refractivity contribution in [2.24, 2.45) is 0 Å². The first-order chi connectivity index (χ1) is 17.8. The van der Waals surface area contributed by atoms with Gasteiger partial charge in [0.15, 0.2) is 0 Å². The minimum Gasteiger partial charge on any atom is -0.497 e. The number of carbonyl (C=O) groups excluding carboxylic acids is 1. The second-order valence-electron chi connectivity index (χ2n) is 8.46. The molecule has 3 aromatic rings. The summed E-state index contributed by atoms with van der Waals surface area (Å²) in [5.41, 5.74) is 1.43. The molecule has 0 atom stereocenters. The Morgan fingerprint density at radius 3 is 2.05 bits per heavy atom. The zero-order valence-corrected chi connectivity index (χ0v) is 22.4. The van der Waals surface area contributed by atoms with Crippen LogP contribution in [0.15, 0.2) is 77.7 Å². The zero-order chi connectivity index (χ0) is 26.4. The number of methoxy groups -OCH3 is 1. The molecule has 3 aromatic carbocycles. The van der Waals surface area contributed by atoms with Crippen LogP contribution in [0.4, 0.5) is 11.4 Å². The molecule has 0 N–H and O–H groups in total. The lowest BCUT2D eigenvalue weighted by molar-refractivity contribution is -0.129. The lowest BCUT2D eigenvalue weighted by atomic mass is 10.2. The van der Waals surface area contributed by atoms with Gasteiger partial charge in [0.05, 0.1) is 24.3 Å². The van der Waals surface area contributed by atoms with Crippen molar-refractivity contribution < 1.29 is 22.7 Å². The first-order valence-electron chi connectivity index (χ1n) is 12.0. The molecule has 1 saturated heterocycles. The van der Waals surface area contributed by atoms with E-state index in [0.29, 0.717) is 49.2 Å². The van der Waals surface area contributed by atoms with Crippen LogP contribution in [0, 0.1) is 0 Å². The number of hydrogen-bond donors (Lipinski definition) is 0. The monoisotopic (exact) mass is 543 g/mol. The molecule has 0 saturated carbocycles. The van der Waals surface area contributed by atoms with Gasteiger partial charge in [-0.25, -0.2) is 8.42 Å². The molecule has 37 heavy (non-hydrogen) atoms. The Morgan fingerprint density at radius 1 is 0.892 bits per heavy atom. The SMILES string of the molecule is CCOc1ccc(N(CC(=O)N2CCN(c3ccc(OC)cc3)CC2)S(=O)(=O)c2ccc(Cl)cc2)cc1. The summed E-state index contributed by atoms with van der Waals surface area (Å²) >= 11 is 5.97. The molecule has 8 nitrogen and oxygen atoms in total. The molecule has 1 aliphatic rings. The van der Waals surface area contributed by atoms with Gasteiger partial charge < -0.3 is 19.3 Å². The van der Waals surface area contributed by atoms with Crippen molar-refractivity contribution in [1.29, 1.82) is 0 Å². The van der Waals surface area contributed by atoms with Gasteiger partial charge in [0.2, 0.25) is 5.91 Å². The van der Waals surface area contributed by atoms with Crippen molar-refractivity contribution in [1.82, 2.24) is 4.90 Å². The zero-order valence-electron chi connectivity index (χ0n) is 20.8. The summed E-state index contributed by atoms with van der Waals surface area (Å²) < 4.78 is 39.1. The van der Waals surface area contributed by atoms with E-state index in [1.807, 2.05) is 31.2 Å². The third kappa shape index (κ3) is 6.29. The second kappa shape index (κ2) is 11.7.